The van der Waals surface area contributed by atoms with Crippen molar-refractivity contribution >= 4 is 22.5 Å². The first-order valence-corrected chi connectivity index (χ1v) is 16.2. The van der Waals surface area contributed by atoms with Gasteiger partial charge in [-0.15, -0.1) is 0 Å². The molecule has 216 valence electrons. The summed E-state index contributed by atoms with van der Waals surface area (Å²) < 4.78 is 0. The number of guanidine groups is 1. The lowest BCUT2D eigenvalue weighted by Gasteiger charge is -2.40. The number of hydrogen-bond donors (Lipinski definition) is 0. The predicted molar refractivity (Wildman–Crippen MR) is 184 cm³/mol. The van der Waals surface area contributed by atoms with Crippen molar-refractivity contribution < 1.29 is 0 Å². The van der Waals surface area contributed by atoms with E-state index in [0.29, 0.717) is 0 Å². The standard InChI is InChI=1S/C41H32N4/c1-2-15-30-27(12-1)32(37-20-9-21-38(43-37)45-25-11-24-44-23-10-22-42-40(44)45)26-36-39(30)31-16-5-8-19-35(31)41(36)33-17-6-3-13-28(33)29-14-4-7-18-34(29)41/h1-9,12-21,26H,10-11,22-25H2. The summed E-state index contributed by atoms with van der Waals surface area (Å²) in [5, 5.41) is 2.52. The van der Waals surface area contributed by atoms with Crippen molar-refractivity contribution in [2.75, 3.05) is 31.1 Å². The van der Waals surface area contributed by atoms with Gasteiger partial charge in [-0.3, -0.25) is 9.89 Å². The van der Waals surface area contributed by atoms with Crippen LogP contribution in [0.4, 0.5) is 5.82 Å². The van der Waals surface area contributed by atoms with E-state index in [1.807, 2.05) is 0 Å². The molecule has 5 aromatic carbocycles. The molecule has 0 unspecified atom stereocenters. The summed E-state index contributed by atoms with van der Waals surface area (Å²) in [5.74, 6) is 2.07. The van der Waals surface area contributed by atoms with Crippen LogP contribution in [-0.4, -0.2) is 42.0 Å². The molecule has 2 aliphatic carbocycles. The highest BCUT2D eigenvalue weighted by atomic mass is 15.4. The van der Waals surface area contributed by atoms with Gasteiger partial charge in [0.2, 0.25) is 5.96 Å². The maximum absolute atomic E-state index is 5.40. The van der Waals surface area contributed by atoms with E-state index >= 15 is 0 Å². The van der Waals surface area contributed by atoms with Crippen LogP contribution < -0.4 is 4.90 Å². The number of pyridine rings is 1. The summed E-state index contributed by atoms with van der Waals surface area (Å²) in [6.45, 7) is 4.00. The Hall–Kier alpha value is -5.22. The van der Waals surface area contributed by atoms with Gasteiger partial charge in [-0.2, -0.15) is 0 Å². The molecule has 4 nitrogen and oxygen atoms in total. The maximum atomic E-state index is 5.40. The normalized spacial score (nSPS) is 17.0. The van der Waals surface area contributed by atoms with Crippen LogP contribution in [0.15, 0.2) is 126 Å². The Morgan fingerprint density at radius 3 is 1.96 bits per heavy atom. The van der Waals surface area contributed by atoms with E-state index in [1.54, 1.807) is 0 Å². The van der Waals surface area contributed by atoms with Crippen molar-refractivity contribution in [1.82, 2.24) is 9.88 Å². The molecule has 0 saturated carbocycles. The van der Waals surface area contributed by atoms with Gasteiger partial charge < -0.3 is 4.90 Å². The highest BCUT2D eigenvalue weighted by molar-refractivity contribution is 6.11. The highest BCUT2D eigenvalue weighted by Gasteiger charge is 2.52. The van der Waals surface area contributed by atoms with Crippen molar-refractivity contribution in [2.45, 2.75) is 18.3 Å². The molecule has 4 aliphatic rings. The number of rotatable bonds is 2. The Morgan fingerprint density at radius 2 is 1.18 bits per heavy atom. The van der Waals surface area contributed by atoms with E-state index in [4.69, 9.17) is 9.98 Å². The smallest absolute Gasteiger partial charge is 0.202 e. The summed E-state index contributed by atoms with van der Waals surface area (Å²) >= 11 is 0. The van der Waals surface area contributed by atoms with Crippen LogP contribution in [0.3, 0.4) is 0 Å². The van der Waals surface area contributed by atoms with E-state index in [9.17, 15) is 0 Å². The molecule has 1 spiro atoms. The molecular formula is C41H32N4. The van der Waals surface area contributed by atoms with Crippen molar-refractivity contribution in [3.05, 3.63) is 144 Å². The Bertz CT molecular complexity index is 2170. The van der Waals surface area contributed by atoms with Gasteiger partial charge in [0, 0.05) is 31.7 Å². The summed E-state index contributed by atoms with van der Waals surface area (Å²) in [6.07, 6.45) is 2.24. The van der Waals surface area contributed by atoms with Crippen LogP contribution in [0.25, 0.3) is 44.3 Å². The lowest BCUT2D eigenvalue weighted by atomic mass is 9.70. The second-order valence-electron chi connectivity index (χ2n) is 12.7. The molecule has 6 aromatic rings. The van der Waals surface area contributed by atoms with Crippen LogP contribution in [0.1, 0.15) is 35.1 Å². The predicted octanol–water partition coefficient (Wildman–Crippen LogP) is 8.52. The first kappa shape index (κ1) is 25.1. The zero-order valence-electron chi connectivity index (χ0n) is 25.1. The minimum absolute atomic E-state index is 0.389. The minimum atomic E-state index is -0.389. The zero-order valence-corrected chi connectivity index (χ0v) is 25.1. The maximum Gasteiger partial charge on any atom is 0.202 e. The molecule has 0 N–H and O–H groups in total. The minimum Gasteiger partial charge on any atom is -0.342 e. The largest absolute Gasteiger partial charge is 0.342 e. The third-order valence-electron chi connectivity index (χ3n) is 10.5. The van der Waals surface area contributed by atoms with Gasteiger partial charge in [-0.1, -0.05) is 103 Å². The second-order valence-corrected chi connectivity index (χ2v) is 12.7. The first-order chi connectivity index (χ1) is 22.3. The van der Waals surface area contributed by atoms with Crippen LogP contribution in [-0.2, 0) is 5.41 Å². The fraction of sp³-hybridized carbons (Fsp3) is 0.171. The molecule has 0 bridgehead atoms. The molecule has 0 radical (unpaired) electrons. The van der Waals surface area contributed by atoms with Gasteiger partial charge in [0.1, 0.15) is 5.82 Å². The SMILES string of the molecule is c1cc(-c2cc3c(c4ccccc24)-c2ccccc2C32c3ccccc3-c3ccccc32)nc(N2CCCN3CCCN=C32)c1. The third kappa shape index (κ3) is 3.32. The number of fused-ring (bicyclic) bond motifs is 13. The Kier molecular flexibility index (Phi) is 5.25. The van der Waals surface area contributed by atoms with Crippen LogP contribution >= 0.6 is 0 Å². The van der Waals surface area contributed by atoms with Crippen molar-refractivity contribution in [2.24, 2.45) is 4.99 Å². The van der Waals surface area contributed by atoms with Crippen LogP contribution in [0.2, 0.25) is 0 Å². The average molecular weight is 581 g/mol. The molecule has 0 atom stereocenters. The quantitative estimate of drug-likeness (QED) is 0.205. The molecular weight excluding hydrogens is 548 g/mol. The van der Waals surface area contributed by atoms with Crippen molar-refractivity contribution in [3.63, 3.8) is 0 Å². The van der Waals surface area contributed by atoms with E-state index in [-0.39, 0.29) is 5.41 Å². The van der Waals surface area contributed by atoms with E-state index in [1.165, 1.54) is 60.8 Å². The van der Waals surface area contributed by atoms with Crippen molar-refractivity contribution in [1.29, 1.82) is 0 Å². The molecule has 10 rings (SSSR count). The number of aromatic nitrogens is 1. The summed E-state index contributed by atoms with van der Waals surface area (Å²) in [4.78, 5) is 15.1. The number of hydrogen-bond acceptors (Lipinski definition) is 4. The fourth-order valence-corrected chi connectivity index (χ4v) is 8.73. The van der Waals surface area contributed by atoms with E-state index in [0.717, 1.165) is 56.5 Å². The molecule has 3 heterocycles. The zero-order chi connectivity index (χ0) is 29.5. The van der Waals surface area contributed by atoms with Gasteiger partial charge in [-0.25, -0.2) is 4.98 Å². The van der Waals surface area contributed by atoms with Crippen LogP contribution in [0.5, 0.6) is 0 Å². The fourth-order valence-electron chi connectivity index (χ4n) is 8.73. The highest BCUT2D eigenvalue weighted by Crippen LogP contribution is 2.64. The molecule has 2 aliphatic heterocycles. The molecule has 1 saturated heterocycles. The lowest BCUT2D eigenvalue weighted by molar-refractivity contribution is 0.359. The number of nitrogens with zero attached hydrogens (tertiary/aromatic N) is 4. The Labute approximate surface area is 263 Å². The van der Waals surface area contributed by atoms with Gasteiger partial charge in [0.25, 0.3) is 0 Å². The molecule has 0 amide bonds. The van der Waals surface area contributed by atoms with Crippen molar-refractivity contribution in [3.8, 4) is 33.5 Å². The van der Waals surface area contributed by atoms with E-state index < -0.39 is 0 Å². The molecule has 1 aromatic heterocycles. The summed E-state index contributed by atoms with van der Waals surface area (Å²) in [7, 11) is 0. The number of anilines is 1. The summed E-state index contributed by atoms with van der Waals surface area (Å²) in [6, 6.07) is 45.1. The molecule has 1 fully saturated rings. The average Bonchev–Trinajstić information content (AvgIpc) is 3.59. The topological polar surface area (TPSA) is 31.7 Å². The van der Waals surface area contributed by atoms with Gasteiger partial charge in [0.05, 0.1) is 11.1 Å². The molecule has 4 heteroatoms. The van der Waals surface area contributed by atoms with Gasteiger partial charge >= 0.3 is 0 Å². The monoisotopic (exact) mass is 580 g/mol. The number of benzene rings is 5. The Morgan fingerprint density at radius 1 is 0.533 bits per heavy atom. The first-order valence-electron chi connectivity index (χ1n) is 16.2. The Balaban J connectivity index is 1.26. The number of aliphatic imine (C=N–C) groups is 1. The molecule has 45 heavy (non-hydrogen) atoms. The second kappa shape index (κ2) is 9.39. The third-order valence-corrected chi connectivity index (χ3v) is 10.5. The lowest BCUT2D eigenvalue weighted by Crippen LogP contribution is -2.52. The van der Waals surface area contributed by atoms with Gasteiger partial charge in [0.15, 0.2) is 0 Å². The van der Waals surface area contributed by atoms with Crippen LogP contribution in [0, 0.1) is 0 Å². The summed E-state index contributed by atoms with van der Waals surface area (Å²) in [5.41, 5.74) is 12.6. The van der Waals surface area contributed by atoms with E-state index in [2.05, 4.69) is 131 Å². The van der Waals surface area contributed by atoms with Gasteiger partial charge in [-0.05, 0) is 86.3 Å².